The van der Waals surface area contributed by atoms with E-state index in [1.807, 2.05) is 0 Å². The van der Waals surface area contributed by atoms with Gasteiger partial charge in [-0.1, -0.05) is 109 Å². The normalized spacial score (nSPS) is 49.1. The molecular formula is C44H74N2O. The molecule has 3 nitrogen and oxygen atoms in total. The molecule has 0 spiro atoms. The third kappa shape index (κ3) is 6.69. The highest BCUT2D eigenvalue weighted by atomic mass is 16.5. The van der Waals surface area contributed by atoms with Crippen LogP contribution in [0.5, 0.6) is 0 Å². The van der Waals surface area contributed by atoms with Crippen LogP contribution < -0.4 is 10.6 Å². The molecule has 2 N–H and O–H groups in total. The molecule has 12 atom stereocenters. The lowest BCUT2D eigenvalue weighted by Crippen LogP contribution is -2.66. The van der Waals surface area contributed by atoms with Gasteiger partial charge < -0.3 is 4.74 Å². The maximum atomic E-state index is 7.63. The number of hydrogen-bond acceptors (Lipinski definition) is 3. The summed E-state index contributed by atoms with van der Waals surface area (Å²) in [5, 5.41) is 8.84. The number of hydrogen-bond donors (Lipinski definition) is 2. The van der Waals surface area contributed by atoms with E-state index in [-0.39, 0.29) is 0 Å². The Hall–Kier alpha value is -0.120. The zero-order valence-corrected chi connectivity index (χ0v) is 30.4. The molecular weight excluding hydrogens is 572 g/mol. The van der Waals surface area contributed by atoms with Gasteiger partial charge in [-0.15, -0.1) is 0 Å². The van der Waals surface area contributed by atoms with Crippen molar-refractivity contribution in [2.75, 3.05) is 0 Å². The Morgan fingerprint density at radius 2 is 0.851 bits per heavy atom. The molecule has 0 aromatic rings. The topological polar surface area (TPSA) is 33.3 Å². The maximum Gasteiger partial charge on any atom is 0.0666 e. The first-order valence-electron chi connectivity index (χ1n) is 22.5. The summed E-state index contributed by atoms with van der Waals surface area (Å²) in [5.41, 5.74) is 0. The molecule has 0 radical (unpaired) electrons. The molecule has 0 aromatic carbocycles. The van der Waals surface area contributed by atoms with Gasteiger partial charge in [0.2, 0.25) is 0 Å². The predicted molar refractivity (Wildman–Crippen MR) is 194 cm³/mol. The van der Waals surface area contributed by atoms with Crippen LogP contribution in [0, 0.1) is 65.1 Å². The molecule has 0 bridgehead atoms. The summed E-state index contributed by atoms with van der Waals surface area (Å²) >= 11 is 0. The van der Waals surface area contributed by atoms with E-state index >= 15 is 0 Å². The lowest BCUT2D eigenvalue weighted by atomic mass is 9.52. The van der Waals surface area contributed by atoms with Crippen LogP contribution in [0.15, 0.2) is 0 Å². The van der Waals surface area contributed by atoms with Gasteiger partial charge in [-0.25, -0.2) is 0 Å². The van der Waals surface area contributed by atoms with Crippen molar-refractivity contribution in [3.8, 4) is 0 Å². The average Bonchev–Trinajstić information content (AvgIpc) is 3.54. The molecule has 2 aliphatic heterocycles. The van der Waals surface area contributed by atoms with E-state index in [0.29, 0.717) is 24.3 Å². The highest BCUT2D eigenvalue weighted by Gasteiger charge is 2.59. The Bertz CT molecular complexity index is 971. The minimum Gasteiger partial charge on any atom is -0.374 e. The first-order valence-corrected chi connectivity index (χ1v) is 22.5. The molecule has 12 unspecified atom stereocenters. The Balaban J connectivity index is 0.936. The predicted octanol–water partition coefficient (Wildman–Crippen LogP) is 10.8. The first-order chi connectivity index (χ1) is 23.3. The fourth-order valence-corrected chi connectivity index (χ4v) is 15.3. The Labute approximate surface area is 290 Å². The van der Waals surface area contributed by atoms with Crippen LogP contribution in [0.4, 0.5) is 0 Å². The van der Waals surface area contributed by atoms with Gasteiger partial charge in [0.15, 0.2) is 0 Å². The highest BCUT2D eigenvalue weighted by molar-refractivity contribution is 5.08. The van der Waals surface area contributed by atoms with Gasteiger partial charge in [0, 0.05) is 18.0 Å². The Morgan fingerprint density at radius 1 is 0.340 bits per heavy atom. The fourth-order valence-electron chi connectivity index (χ4n) is 15.3. The van der Waals surface area contributed by atoms with E-state index in [2.05, 4.69) is 10.6 Å². The molecule has 7 aliphatic carbocycles. The molecule has 266 valence electrons. The van der Waals surface area contributed by atoms with Crippen molar-refractivity contribution in [2.45, 2.75) is 210 Å². The minimum absolute atomic E-state index is 0.489. The van der Waals surface area contributed by atoms with E-state index in [4.69, 9.17) is 4.74 Å². The van der Waals surface area contributed by atoms with Gasteiger partial charge >= 0.3 is 0 Å². The quantitative estimate of drug-likeness (QED) is 0.312. The van der Waals surface area contributed by atoms with Crippen molar-refractivity contribution in [3.05, 3.63) is 0 Å². The summed E-state index contributed by atoms with van der Waals surface area (Å²) in [5.74, 6) is 10.4. The molecule has 47 heavy (non-hydrogen) atoms. The maximum absolute atomic E-state index is 7.63. The summed E-state index contributed by atoms with van der Waals surface area (Å²) in [6.07, 6.45) is 43.5. The van der Waals surface area contributed by atoms with Crippen molar-refractivity contribution in [3.63, 3.8) is 0 Å². The lowest BCUT2D eigenvalue weighted by Gasteiger charge is -2.52. The zero-order chi connectivity index (χ0) is 31.2. The summed E-state index contributed by atoms with van der Waals surface area (Å²) in [6, 6.07) is 1.49. The molecule has 3 heteroatoms. The van der Waals surface area contributed by atoms with E-state index < -0.39 is 0 Å². The van der Waals surface area contributed by atoms with Crippen molar-refractivity contribution >= 4 is 0 Å². The van der Waals surface area contributed by atoms with Gasteiger partial charge in [0.1, 0.15) is 0 Å². The summed E-state index contributed by atoms with van der Waals surface area (Å²) in [7, 11) is 0. The van der Waals surface area contributed by atoms with Crippen LogP contribution in [-0.2, 0) is 4.74 Å². The highest BCUT2D eigenvalue weighted by Crippen LogP contribution is 2.60. The van der Waals surface area contributed by atoms with Crippen molar-refractivity contribution in [2.24, 2.45) is 65.1 Å². The molecule has 2 saturated heterocycles. The summed E-state index contributed by atoms with van der Waals surface area (Å²) < 4.78 is 7.63. The van der Waals surface area contributed by atoms with Crippen molar-refractivity contribution < 1.29 is 4.74 Å². The molecule has 9 aliphatic rings. The van der Waals surface area contributed by atoms with Gasteiger partial charge in [0.25, 0.3) is 0 Å². The van der Waals surface area contributed by atoms with Crippen molar-refractivity contribution in [1.29, 1.82) is 0 Å². The summed E-state index contributed by atoms with van der Waals surface area (Å²) in [4.78, 5) is 0. The molecule has 9 rings (SSSR count). The molecule has 0 aromatic heterocycles. The number of rotatable bonds is 5. The molecule has 2 heterocycles. The summed E-state index contributed by atoms with van der Waals surface area (Å²) in [6.45, 7) is 0. The number of ether oxygens (including phenoxy) is 1. The van der Waals surface area contributed by atoms with E-state index in [1.54, 1.807) is 38.5 Å². The second-order valence-electron chi connectivity index (χ2n) is 19.6. The van der Waals surface area contributed by atoms with Crippen LogP contribution in [-0.4, -0.2) is 30.5 Å². The Kier molecular flexibility index (Phi) is 10.4. The third-order valence-corrected chi connectivity index (χ3v) is 17.4. The second-order valence-corrected chi connectivity index (χ2v) is 19.6. The minimum atomic E-state index is 0.489. The lowest BCUT2D eigenvalue weighted by molar-refractivity contribution is -0.0837. The van der Waals surface area contributed by atoms with Crippen LogP contribution in [0.25, 0.3) is 0 Å². The SMILES string of the molecule is C1CCC(C2CCCC(C3CC4OC5C(C6NC(C7CCCCC7)CC(C7CCCCC7)N6)CCCC5C4C4CCCCC34)C2)CC1. The smallest absolute Gasteiger partial charge is 0.0666 e. The van der Waals surface area contributed by atoms with Gasteiger partial charge in [-0.3, -0.25) is 10.6 Å². The molecule has 9 fully saturated rings. The molecule has 7 saturated carbocycles. The van der Waals surface area contributed by atoms with Gasteiger partial charge in [-0.05, 0) is 130 Å². The Morgan fingerprint density at radius 3 is 1.53 bits per heavy atom. The number of fused-ring (bicyclic) bond motifs is 5. The fraction of sp³-hybridized carbons (Fsp3) is 1.00. The van der Waals surface area contributed by atoms with Gasteiger partial charge in [-0.2, -0.15) is 0 Å². The first kappa shape index (κ1) is 32.8. The van der Waals surface area contributed by atoms with Crippen molar-refractivity contribution in [1.82, 2.24) is 10.6 Å². The monoisotopic (exact) mass is 647 g/mol. The largest absolute Gasteiger partial charge is 0.374 e. The third-order valence-electron chi connectivity index (χ3n) is 17.4. The number of nitrogens with one attached hydrogen (secondary N) is 2. The van der Waals surface area contributed by atoms with Crippen LogP contribution >= 0.6 is 0 Å². The second kappa shape index (κ2) is 14.9. The zero-order valence-electron chi connectivity index (χ0n) is 30.4. The molecule has 0 amide bonds. The average molecular weight is 647 g/mol. The van der Waals surface area contributed by atoms with E-state index in [9.17, 15) is 0 Å². The van der Waals surface area contributed by atoms with Crippen LogP contribution in [0.3, 0.4) is 0 Å². The van der Waals surface area contributed by atoms with E-state index in [0.717, 1.165) is 71.3 Å². The van der Waals surface area contributed by atoms with Crippen LogP contribution in [0.2, 0.25) is 0 Å². The standard InChI is InChI=1S/C44H74N2O/c1-4-14-29(15-5-1)32-20-12-21-33(26-32)38-27-41-42(35-23-11-10-22-34(35)38)36-24-13-25-37(43(36)47-41)44-45-39(30-16-6-2-7-17-30)28-40(46-44)31-18-8-3-9-19-31/h29-46H,1-28H2. The van der Waals surface area contributed by atoms with Crippen LogP contribution in [0.1, 0.15) is 180 Å². The van der Waals surface area contributed by atoms with E-state index in [1.165, 1.54) is 141 Å². The van der Waals surface area contributed by atoms with Gasteiger partial charge in [0.05, 0.1) is 18.4 Å².